The number of nitrogens with one attached hydrogen (secondary N) is 1. The Morgan fingerprint density at radius 2 is 2.07 bits per heavy atom. The molecule has 0 saturated carbocycles. The van der Waals surface area contributed by atoms with Gasteiger partial charge in [0, 0.05) is 18.2 Å². The van der Waals surface area contributed by atoms with E-state index in [1.54, 1.807) is 0 Å². The number of aromatic hydroxyl groups is 1. The fourth-order valence-corrected chi connectivity index (χ4v) is 1.90. The summed E-state index contributed by atoms with van der Waals surface area (Å²) >= 11 is 0. The Hall–Kier alpha value is -1.28. The molecule has 1 aliphatic rings. The summed E-state index contributed by atoms with van der Waals surface area (Å²) in [6.45, 7) is 2.68. The van der Waals surface area contributed by atoms with Crippen LogP contribution in [0.5, 0.6) is 5.75 Å². The van der Waals surface area contributed by atoms with E-state index in [0.717, 1.165) is 30.5 Å². The molecule has 0 aliphatic heterocycles. The van der Waals surface area contributed by atoms with Crippen LogP contribution in [0.3, 0.4) is 0 Å². The van der Waals surface area contributed by atoms with Gasteiger partial charge in [0.05, 0.1) is 0 Å². The lowest BCUT2D eigenvalue weighted by atomic mass is 10.1. The number of phenols is 1. The fraction of sp³-hybridized carbons (Fsp3) is 0.385. The van der Waals surface area contributed by atoms with E-state index in [0.29, 0.717) is 11.8 Å². The Morgan fingerprint density at radius 1 is 1.33 bits per heavy atom. The number of aryl methyl sites for hydroxylation is 1. The van der Waals surface area contributed by atoms with Gasteiger partial charge in [0.25, 0.3) is 0 Å². The second-order valence-corrected chi connectivity index (χ2v) is 4.10. The van der Waals surface area contributed by atoms with E-state index in [1.807, 2.05) is 25.1 Å². The van der Waals surface area contributed by atoms with Crippen molar-refractivity contribution < 1.29 is 5.11 Å². The molecule has 0 atom stereocenters. The first-order valence-corrected chi connectivity index (χ1v) is 5.43. The monoisotopic (exact) mass is 203 g/mol. The molecule has 2 N–H and O–H groups in total. The van der Waals surface area contributed by atoms with Gasteiger partial charge in [0.15, 0.2) is 0 Å². The van der Waals surface area contributed by atoms with Crippen molar-refractivity contribution in [1.82, 2.24) is 5.32 Å². The first-order chi connectivity index (χ1) is 7.27. The summed E-state index contributed by atoms with van der Waals surface area (Å²) in [6, 6.07) is 6.43. The molecule has 80 valence electrons. The molecule has 2 rings (SSSR count). The molecule has 1 aromatic rings. The van der Waals surface area contributed by atoms with Crippen LogP contribution in [0.1, 0.15) is 24.0 Å². The maximum atomic E-state index is 9.82. The maximum absolute atomic E-state index is 9.82. The number of benzene rings is 1. The average Bonchev–Trinajstić information content (AvgIpc) is 2.73. The second kappa shape index (κ2) is 4.49. The number of hydrogen-bond donors (Lipinski definition) is 2. The van der Waals surface area contributed by atoms with Gasteiger partial charge in [-0.05, 0) is 25.3 Å². The molecule has 0 saturated heterocycles. The zero-order valence-electron chi connectivity index (χ0n) is 9.03. The SMILES string of the molecule is Cc1cccc(CNC2CC=CC2)c1O. The molecule has 15 heavy (non-hydrogen) atoms. The van der Waals surface area contributed by atoms with E-state index in [4.69, 9.17) is 0 Å². The summed E-state index contributed by atoms with van der Waals surface area (Å²) in [4.78, 5) is 0. The Balaban J connectivity index is 1.95. The smallest absolute Gasteiger partial charge is 0.122 e. The van der Waals surface area contributed by atoms with Crippen molar-refractivity contribution in [2.75, 3.05) is 0 Å². The van der Waals surface area contributed by atoms with Crippen LogP contribution in [-0.2, 0) is 6.54 Å². The van der Waals surface area contributed by atoms with E-state index < -0.39 is 0 Å². The molecule has 0 fully saturated rings. The lowest BCUT2D eigenvalue weighted by molar-refractivity contribution is 0.454. The van der Waals surface area contributed by atoms with E-state index in [9.17, 15) is 5.11 Å². The lowest BCUT2D eigenvalue weighted by Gasteiger charge is -2.13. The van der Waals surface area contributed by atoms with Gasteiger partial charge < -0.3 is 10.4 Å². The standard InChI is InChI=1S/C13H17NO/c1-10-5-4-6-11(13(10)15)9-14-12-7-2-3-8-12/h2-6,12,14-15H,7-9H2,1H3. The highest BCUT2D eigenvalue weighted by Gasteiger charge is 2.10. The minimum absolute atomic E-state index is 0.427. The third kappa shape index (κ3) is 2.39. The Morgan fingerprint density at radius 3 is 2.80 bits per heavy atom. The molecule has 0 bridgehead atoms. The van der Waals surface area contributed by atoms with Gasteiger partial charge in [0.2, 0.25) is 0 Å². The van der Waals surface area contributed by atoms with E-state index in [-0.39, 0.29) is 0 Å². The van der Waals surface area contributed by atoms with Gasteiger partial charge in [-0.25, -0.2) is 0 Å². The number of rotatable bonds is 3. The normalized spacial score (nSPS) is 16.1. The summed E-state index contributed by atoms with van der Waals surface area (Å²) in [5, 5.41) is 13.3. The average molecular weight is 203 g/mol. The summed E-state index contributed by atoms with van der Waals surface area (Å²) in [6.07, 6.45) is 6.61. The highest BCUT2D eigenvalue weighted by molar-refractivity contribution is 5.39. The minimum atomic E-state index is 0.427. The zero-order valence-corrected chi connectivity index (χ0v) is 9.03. The maximum Gasteiger partial charge on any atom is 0.122 e. The van der Waals surface area contributed by atoms with Crippen LogP contribution in [-0.4, -0.2) is 11.1 Å². The van der Waals surface area contributed by atoms with Crippen molar-refractivity contribution in [2.45, 2.75) is 32.4 Å². The van der Waals surface area contributed by atoms with Gasteiger partial charge in [-0.2, -0.15) is 0 Å². The van der Waals surface area contributed by atoms with Crippen LogP contribution < -0.4 is 5.32 Å². The van der Waals surface area contributed by atoms with Crippen LogP contribution in [0.4, 0.5) is 0 Å². The number of phenolic OH excluding ortho intramolecular Hbond substituents is 1. The first kappa shape index (κ1) is 10.2. The minimum Gasteiger partial charge on any atom is -0.507 e. The molecule has 2 nitrogen and oxygen atoms in total. The van der Waals surface area contributed by atoms with Crippen LogP contribution >= 0.6 is 0 Å². The van der Waals surface area contributed by atoms with Gasteiger partial charge in [-0.3, -0.25) is 0 Å². The quantitative estimate of drug-likeness (QED) is 0.740. The van der Waals surface area contributed by atoms with Crippen molar-refractivity contribution in [1.29, 1.82) is 0 Å². The molecular formula is C13H17NO. The number of para-hydroxylation sites is 1. The van der Waals surface area contributed by atoms with E-state index >= 15 is 0 Å². The molecular weight excluding hydrogens is 186 g/mol. The summed E-state index contributed by atoms with van der Waals surface area (Å²) < 4.78 is 0. The molecule has 1 aliphatic carbocycles. The van der Waals surface area contributed by atoms with Gasteiger partial charge >= 0.3 is 0 Å². The highest BCUT2D eigenvalue weighted by Crippen LogP contribution is 2.21. The largest absolute Gasteiger partial charge is 0.507 e. The highest BCUT2D eigenvalue weighted by atomic mass is 16.3. The van der Waals surface area contributed by atoms with Gasteiger partial charge in [-0.1, -0.05) is 30.4 Å². The Bertz CT molecular complexity index is 363. The van der Waals surface area contributed by atoms with Crippen LogP contribution in [0, 0.1) is 6.92 Å². The molecule has 0 unspecified atom stereocenters. The van der Waals surface area contributed by atoms with E-state index in [1.165, 1.54) is 0 Å². The number of hydrogen-bond acceptors (Lipinski definition) is 2. The molecule has 0 heterocycles. The Labute approximate surface area is 90.6 Å². The third-order valence-corrected chi connectivity index (χ3v) is 2.91. The predicted molar refractivity (Wildman–Crippen MR) is 61.8 cm³/mol. The van der Waals surface area contributed by atoms with E-state index in [2.05, 4.69) is 17.5 Å². The third-order valence-electron chi connectivity index (χ3n) is 2.91. The molecule has 0 aromatic heterocycles. The van der Waals surface area contributed by atoms with Crippen molar-refractivity contribution in [3.8, 4) is 5.75 Å². The van der Waals surface area contributed by atoms with Crippen LogP contribution in [0.2, 0.25) is 0 Å². The van der Waals surface area contributed by atoms with Crippen LogP contribution in [0.15, 0.2) is 30.4 Å². The summed E-state index contributed by atoms with van der Waals surface area (Å²) in [5.74, 6) is 0.427. The Kier molecular flexibility index (Phi) is 3.07. The van der Waals surface area contributed by atoms with Gasteiger partial charge in [0.1, 0.15) is 5.75 Å². The molecule has 0 spiro atoms. The molecule has 1 aromatic carbocycles. The molecule has 0 radical (unpaired) electrons. The molecule has 0 amide bonds. The topological polar surface area (TPSA) is 32.3 Å². The second-order valence-electron chi connectivity index (χ2n) is 4.10. The lowest BCUT2D eigenvalue weighted by Crippen LogP contribution is -2.25. The van der Waals surface area contributed by atoms with Crippen molar-refractivity contribution >= 4 is 0 Å². The first-order valence-electron chi connectivity index (χ1n) is 5.43. The zero-order chi connectivity index (χ0) is 10.7. The van der Waals surface area contributed by atoms with Crippen LogP contribution in [0.25, 0.3) is 0 Å². The van der Waals surface area contributed by atoms with Gasteiger partial charge in [-0.15, -0.1) is 0 Å². The fourth-order valence-electron chi connectivity index (χ4n) is 1.90. The van der Waals surface area contributed by atoms with Crippen molar-refractivity contribution in [2.24, 2.45) is 0 Å². The summed E-state index contributed by atoms with van der Waals surface area (Å²) in [5.41, 5.74) is 1.93. The summed E-state index contributed by atoms with van der Waals surface area (Å²) in [7, 11) is 0. The molecule has 2 heteroatoms. The van der Waals surface area contributed by atoms with Crippen molar-refractivity contribution in [3.05, 3.63) is 41.5 Å². The van der Waals surface area contributed by atoms with Crippen molar-refractivity contribution in [3.63, 3.8) is 0 Å². The predicted octanol–water partition coefficient (Wildman–Crippen LogP) is 2.51.